The van der Waals surface area contributed by atoms with Gasteiger partial charge in [0.05, 0.1) is 11.1 Å². The van der Waals surface area contributed by atoms with Crippen LogP contribution >= 0.6 is 11.3 Å². The summed E-state index contributed by atoms with van der Waals surface area (Å²) >= 11 is 1.32. The molecule has 0 radical (unpaired) electrons. The maximum atomic E-state index is 12.5. The Kier molecular flexibility index (Phi) is 3.99. The molecule has 4 rings (SSSR count). The Bertz CT molecular complexity index is 1120. The Morgan fingerprint density at radius 1 is 1.16 bits per heavy atom. The first-order valence-corrected chi connectivity index (χ1v) is 8.61. The molecule has 25 heavy (non-hydrogen) atoms. The molecule has 0 amide bonds. The average molecular weight is 350 g/mol. The zero-order valence-electron chi connectivity index (χ0n) is 13.4. The normalized spacial score (nSPS) is 12.0. The molecule has 0 aliphatic heterocycles. The minimum Gasteiger partial charge on any atom is -0.494 e. The summed E-state index contributed by atoms with van der Waals surface area (Å²) in [5, 5.41) is 4.35. The predicted molar refractivity (Wildman–Crippen MR) is 96.8 cm³/mol. The lowest BCUT2D eigenvalue weighted by molar-refractivity contribution is 0.340. The van der Waals surface area contributed by atoms with Crippen molar-refractivity contribution in [2.45, 2.75) is 6.92 Å². The summed E-state index contributed by atoms with van der Waals surface area (Å²) in [6.07, 6.45) is 5.20. The number of ether oxygens (including phenoxy) is 1. The zero-order chi connectivity index (χ0) is 17.2. The minimum absolute atomic E-state index is 0.165. The first kappa shape index (κ1) is 15.5. The van der Waals surface area contributed by atoms with E-state index >= 15 is 0 Å². The summed E-state index contributed by atoms with van der Waals surface area (Å²) in [5.74, 6) is 1.33. The highest BCUT2D eigenvalue weighted by molar-refractivity contribution is 7.15. The van der Waals surface area contributed by atoms with E-state index in [2.05, 4.69) is 15.1 Å². The maximum absolute atomic E-state index is 12.5. The van der Waals surface area contributed by atoms with E-state index in [1.54, 1.807) is 12.4 Å². The largest absolute Gasteiger partial charge is 0.494 e. The SMILES string of the molecule is CCOc1ccc(-c2nc3s/c(=C\c4ccncc4)c(=O)n3n2)cc1. The third-order valence-electron chi connectivity index (χ3n) is 3.61. The van der Waals surface area contributed by atoms with Gasteiger partial charge in [0.15, 0.2) is 5.82 Å². The monoisotopic (exact) mass is 350 g/mol. The summed E-state index contributed by atoms with van der Waals surface area (Å²) in [7, 11) is 0. The van der Waals surface area contributed by atoms with Crippen molar-refractivity contribution >= 4 is 22.4 Å². The van der Waals surface area contributed by atoms with Crippen molar-refractivity contribution in [3.63, 3.8) is 0 Å². The van der Waals surface area contributed by atoms with E-state index in [1.807, 2.05) is 49.4 Å². The summed E-state index contributed by atoms with van der Waals surface area (Å²) in [6.45, 7) is 2.56. The van der Waals surface area contributed by atoms with Gasteiger partial charge >= 0.3 is 0 Å². The van der Waals surface area contributed by atoms with E-state index in [9.17, 15) is 4.79 Å². The number of thiazole rings is 1. The maximum Gasteiger partial charge on any atom is 0.291 e. The van der Waals surface area contributed by atoms with Gasteiger partial charge in [0.25, 0.3) is 5.56 Å². The molecule has 3 aromatic heterocycles. The van der Waals surface area contributed by atoms with Crippen LogP contribution in [0.4, 0.5) is 0 Å². The molecule has 0 bridgehead atoms. The molecule has 0 atom stereocenters. The number of rotatable bonds is 4. The molecular weight excluding hydrogens is 336 g/mol. The van der Waals surface area contributed by atoms with E-state index in [1.165, 1.54) is 15.9 Å². The van der Waals surface area contributed by atoms with Crippen LogP contribution in [0, 0.1) is 0 Å². The number of aromatic nitrogens is 4. The number of benzene rings is 1. The fraction of sp³-hybridized carbons (Fsp3) is 0.111. The molecule has 0 fully saturated rings. The summed E-state index contributed by atoms with van der Waals surface area (Å²) in [6, 6.07) is 11.2. The third kappa shape index (κ3) is 3.01. The Morgan fingerprint density at radius 2 is 1.92 bits per heavy atom. The van der Waals surface area contributed by atoms with Gasteiger partial charge in [-0.25, -0.2) is 0 Å². The Morgan fingerprint density at radius 3 is 2.60 bits per heavy atom. The van der Waals surface area contributed by atoms with Gasteiger partial charge in [-0.05, 0) is 55.0 Å². The first-order valence-electron chi connectivity index (χ1n) is 7.79. The van der Waals surface area contributed by atoms with Gasteiger partial charge < -0.3 is 4.74 Å². The number of fused-ring (bicyclic) bond motifs is 1. The lowest BCUT2D eigenvalue weighted by Crippen LogP contribution is -2.23. The fourth-order valence-corrected chi connectivity index (χ4v) is 3.34. The van der Waals surface area contributed by atoms with Crippen molar-refractivity contribution in [2.75, 3.05) is 6.61 Å². The van der Waals surface area contributed by atoms with Crippen LogP contribution in [0.1, 0.15) is 12.5 Å². The van der Waals surface area contributed by atoms with Crippen molar-refractivity contribution in [1.29, 1.82) is 0 Å². The Balaban J connectivity index is 1.73. The average Bonchev–Trinajstić information content (AvgIpc) is 3.17. The van der Waals surface area contributed by atoms with Gasteiger partial charge in [-0.15, -0.1) is 5.10 Å². The van der Waals surface area contributed by atoms with Crippen molar-refractivity contribution < 1.29 is 4.74 Å². The van der Waals surface area contributed by atoms with E-state index in [4.69, 9.17) is 4.74 Å². The molecule has 0 aliphatic carbocycles. The van der Waals surface area contributed by atoms with Crippen molar-refractivity contribution in [3.8, 4) is 17.1 Å². The predicted octanol–water partition coefficient (Wildman–Crippen LogP) is 2.16. The second-order valence-corrected chi connectivity index (χ2v) is 6.29. The van der Waals surface area contributed by atoms with Gasteiger partial charge in [0.1, 0.15) is 5.75 Å². The molecule has 7 heteroatoms. The van der Waals surface area contributed by atoms with Crippen LogP contribution in [-0.4, -0.2) is 26.2 Å². The van der Waals surface area contributed by atoms with E-state index in [-0.39, 0.29) is 5.56 Å². The lowest BCUT2D eigenvalue weighted by Gasteiger charge is -2.02. The number of hydrogen-bond donors (Lipinski definition) is 0. The van der Waals surface area contributed by atoms with Crippen molar-refractivity contribution in [1.82, 2.24) is 19.6 Å². The number of nitrogens with zero attached hydrogens (tertiary/aromatic N) is 4. The highest BCUT2D eigenvalue weighted by Gasteiger charge is 2.12. The molecule has 0 spiro atoms. The molecule has 3 heterocycles. The standard InChI is InChI=1S/C18H14N4O2S/c1-2-24-14-5-3-13(4-6-14)16-20-18-22(21-16)17(23)15(25-18)11-12-7-9-19-10-8-12/h3-11H,2H2,1H3/b15-11-. The Labute approximate surface area is 147 Å². The molecule has 0 unspecified atom stereocenters. The van der Waals surface area contributed by atoms with E-state index in [0.29, 0.717) is 21.9 Å². The fourth-order valence-electron chi connectivity index (χ4n) is 2.43. The molecule has 4 aromatic rings. The quantitative estimate of drug-likeness (QED) is 0.564. The topological polar surface area (TPSA) is 69.4 Å². The molecule has 6 nitrogen and oxygen atoms in total. The lowest BCUT2D eigenvalue weighted by atomic mass is 10.2. The molecule has 0 aliphatic rings. The molecule has 0 saturated heterocycles. The van der Waals surface area contributed by atoms with Crippen LogP contribution in [0.3, 0.4) is 0 Å². The first-order chi connectivity index (χ1) is 12.2. The van der Waals surface area contributed by atoms with Gasteiger partial charge in [-0.2, -0.15) is 9.50 Å². The van der Waals surface area contributed by atoms with Crippen LogP contribution in [0.15, 0.2) is 53.6 Å². The molecule has 0 saturated carbocycles. The van der Waals surface area contributed by atoms with Crippen molar-refractivity contribution in [3.05, 3.63) is 69.2 Å². The highest BCUT2D eigenvalue weighted by Crippen LogP contribution is 2.20. The van der Waals surface area contributed by atoms with Gasteiger partial charge in [0.2, 0.25) is 4.96 Å². The van der Waals surface area contributed by atoms with Crippen LogP contribution in [-0.2, 0) is 0 Å². The van der Waals surface area contributed by atoms with Crippen molar-refractivity contribution in [2.24, 2.45) is 0 Å². The van der Waals surface area contributed by atoms with Gasteiger partial charge in [-0.3, -0.25) is 9.78 Å². The molecular formula is C18H14N4O2S. The third-order valence-corrected chi connectivity index (χ3v) is 4.57. The van der Waals surface area contributed by atoms with Crippen LogP contribution in [0.5, 0.6) is 5.75 Å². The summed E-state index contributed by atoms with van der Waals surface area (Å²) < 4.78 is 7.38. The smallest absolute Gasteiger partial charge is 0.291 e. The van der Waals surface area contributed by atoms with E-state index < -0.39 is 0 Å². The summed E-state index contributed by atoms with van der Waals surface area (Å²) in [5.41, 5.74) is 1.60. The van der Waals surface area contributed by atoms with Crippen LogP contribution in [0.2, 0.25) is 0 Å². The summed E-state index contributed by atoms with van der Waals surface area (Å²) in [4.78, 5) is 21.5. The van der Waals surface area contributed by atoms with Crippen LogP contribution < -0.4 is 14.8 Å². The van der Waals surface area contributed by atoms with E-state index in [0.717, 1.165) is 16.9 Å². The number of hydrogen-bond acceptors (Lipinski definition) is 6. The minimum atomic E-state index is -0.165. The number of pyridine rings is 1. The second kappa shape index (κ2) is 6.45. The van der Waals surface area contributed by atoms with Gasteiger partial charge in [-0.1, -0.05) is 11.3 Å². The molecule has 124 valence electrons. The highest BCUT2D eigenvalue weighted by atomic mass is 32.1. The Hall–Kier alpha value is -3.06. The zero-order valence-corrected chi connectivity index (χ0v) is 14.2. The van der Waals surface area contributed by atoms with Crippen LogP contribution in [0.25, 0.3) is 22.4 Å². The second-order valence-electron chi connectivity index (χ2n) is 5.28. The van der Waals surface area contributed by atoms with Gasteiger partial charge in [0, 0.05) is 18.0 Å². The molecule has 1 aromatic carbocycles. The molecule has 0 N–H and O–H groups in total.